The number of ether oxygens (including phenoxy) is 1. The first kappa shape index (κ1) is 24.4. The number of piperidine rings is 1. The zero-order valence-corrected chi connectivity index (χ0v) is 19.0. The van der Waals surface area contributed by atoms with Crippen LogP contribution in [0.3, 0.4) is 0 Å². The van der Waals surface area contributed by atoms with Gasteiger partial charge in [-0.2, -0.15) is 0 Å². The Morgan fingerprint density at radius 1 is 1.32 bits per heavy atom. The van der Waals surface area contributed by atoms with Crippen LogP contribution in [0.5, 0.6) is 0 Å². The average Bonchev–Trinajstić information content (AvgIpc) is 2.69. The predicted octanol–water partition coefficient (Wildman–Crippen LogP) is 4.49. The van der Waals surface area contributed by atoms with Crippen LogP contribution in [0.25, 0.3) is 6.08 Å². The van der Waals surface area contributed by atoms with E-state index in [1.165, 1.54) is 18.2 Å². The third-order valence-electron chi connectivity index (χ3n) is 5.08. The van der Waals surface area contributed by atoms with Crippen molar-refractivity contribution < 1.29 is 19.2 Å². The normalized spacial score (nSPS) is 17.1. The number of hydrogen-bond donors (Lipinski definition) is 0. The third-order valence-corrected chi connectivity index (χ3v) is 5.08. The Labute approximate surface area is 184 Å². The van der Waals surface area contributed by atoms with Gasteiger partial charge in [-0.25, -0.2) is 4.79 Å². The Balaban J connectivity index is 2.03. The highest BCUT2D eigenvalue weighted by atomic mass is 16.6. The monoisotopic (exact) mass is 431 g/mol. The van der Waals surface area contributed by atoms with Gasteiger partial charge >= 0.3 is 6.09 Å². The van der Waals surface area contributed by atoms with Gasteiger partial charge in [-0.05, 0) is 65.5 Å². The van der Waals surface area contributed by atoms with Crippen LogP contribution >= 0.6 is 0 Å². The molecule has 1 aromatic rings. The van der Waals surface area contributed by atoms with E-state index in [0.29, 0.717) is 25.2 Å². The molecule has 1 saturated heterocycles. The summed E-state index contributed by atoms with van der Waals surface area (Å²) in [6, 6.07) is 6.31. The molecule has 0 saturated carbocycles. The number of nitrogens with zero attached hydrogens (tertiary/aromatic N) is 3. The van der Waals surface area contributed by atoms with E-state index in [9.17, 15) is 19.7 Å². The highest BCUT2D eigenvalue weighted by molar-refractivity contribution is 5.92. The smallest absolute Gasteiger partial charge is 0.410 e. The van der Waals surface area contributed by atoms with Gasteiger partial charge in [0.1, 0.15) is 5.60 Å². The van der Waals surface area contributed by atoms with Crippen molar-refractivity contribution >= 4 is 23.8 Å². The SMILES string of the molecule is CC(C)N(CC1CCCN(C(=O)C=Cc2ccccc2[N+](=O)[O-])C1)C(=O)OC(C)(C)C. The van der Waals surface area contributed by atoms with Crippen LogP contribution in [0, 0.1) is 16.0 Å². The fraction of sp³-hybridized carbons (Fsp3) is 0.565. The fourth-order valence-electron chi connectivity index (χ4n) is 3.57. The van der Waals surface area contributed by atoms with Gasteiger partial charge in [0.2, 0.25) is 5.91 Å². The van der Waals surface area contributed by atoms with Crippen molar-refractivity contribution in [3.05, 3.63) is 46.0 Å². The molecule has 0 N–H and O–H groups in total. The maximum atomic E-state index is 12.7. The molecule has 2 amide bonds. The second-order valence-corrected chi connectivity index (χ2v) is 9.17. The summed E-state index contributed by atoms with van der Waals surface area (Å²) in [6.45, 7) is 11.1. The van der Waals surface area contributed by atoms with E-state index in [1.54, 1.807) is 28.0 Å². The molecule has 8 nitrogen and oxygen atoms in total. The molecule has 0 aromatic heterocycles. The molecular formula is C23H33N3O5. The van der Waals surface area contributed by atoms with Gasteiger partial charge in [-0.15, -0.1) is 0 Å². The molecule has 1 aliphatic heterocycles. The zero-order chi connectivity index (χ0) is 23.2. The Morgan fingerprint density at radius 3 is 2.61 bits per heavy atom. The van der Waals surface area contributed by atoms with Crippen LogP contribution in [0.1, 0.15) is 53.0 Å². The lowest BCUT2D eigenvalue weighted by Gasteiger charge is -2.37. The lowest BCUT2D eigenvalue weighted by molar-refractivity contribution is -0.385. The van der Waals surface area contributed by atoms with Crippen LogP contribution in [0.15, 0.2) is 30.3 Å². The number of nitro groups is 1. The van der Waals surface area contributed by atoms with Gasteiger partial charge < -0.3 is 14.5 Å². The van der Waals surface area contributed by atoms with Crippen molar-refractivity contribution in [1.29, 1.82) is 0 Å². The average molecular weight is 432 g/mol. The molecule has 1 fully saturated rings. The minimum absolute atomic E-state index is 0.0144. The first-order chi connectivity index (χ1) is 14.5. The topological polar surface area (TPSA) is 93.0 Å². The van der Waals surface area contributed by atoms with Crippen LogP contribution in [0.4, 0.5) is 10.5 Å². The predicted molar refractivity (Wildman–Crippen MR) is 120 cm³/mol. The molecule has 0 radical (unpaired) electrons. The number of likely N-dealkylation sites (tertiary alicyclic amines) is 1. The zero-order valence-electron chi connectivity index (χ0n) is 19.0. The highest BCUT2D eigenvalue weighted by Gasteiger charge is 2.29. The number of carbonyl (C=O) groups is 2. The number of amides is 2. The Kier molecular flexibility index (Phi) is 8.19. The van der Waals surface area contributed by atoms with E-state index < -0.39 is 10.5 Å². The van der Waals surface area contributed by atoms with Crippen molar-refractivity contribution in [3.63, 3.8) is 0 Å². The second kappa shape index (κ2) is 10.4. The summed E-state index contributed by atoms with van der Waals surface area (Å²) >= 11 is 0. The first-order valence-electron chi connectivity index (χ1n) is 10.7. The van der Waals surface area contributed by atoms with E-state index in [2.05, 4.69) is 0 Å². The van der Waals surface area contributed by atoms with E-state index >= 15 is 0 Å². The summed E-state index contributed by atoms with van der Waals surface area (Å²) in [5.74, 6) is -0.0386. The Hall–Kier alpha value is -2.90. The van der Waals surface area contributed by atoms with Crippen LogP contribution < -0.4 is 0 Å². The molecule has 1 heterocycles. The fourth-order valence-corrected chi connectivity index (χ4v) is 3.57. The summed E-state index contributed by atoms with van der Waals surface area (Å²) < 4.78 is 5.54. The molecule has 0 spiro atoms. The van der Waals surface area contributed by atoms with Crippen molar-refractivity contribution in [3.8, 4) is 0 Å². The molecule has 1 atom stereocenters. The summed E-state index contributed by atoms with van der Waals surface area (Å²) in [7, 11) is 0. The van der Waals surface area contributed by atoms with Crippen molar-refractivity contribution in [2.45, 2.75) is 59.1 Å². The second-order valence-electron chi connectivity index (χ2n) is 9.17. The molecule has 0 aliphatic carbocycles. The van der Waals surface area contributed by atoms with Crippen LogP contribution in [-0.4, -0.2) is 58.0 Å². The Bertz CT molecular complexity index is 829. The lowest BCUT2D eigenvalue weighted by Crippen LogP contribution is -2.47. The van der Waals surface area contributed by atoms with Crippen LogP contribution in [-0.2, 0) is 9.53 Å². The molecule has 0 bridgehead atoms. The first-order valence-corrected chi connectivity index (χ1v) is 10.7. The number of nitro benzene ring substituents is 1. The van der Waals surface area contributed by atoms with Crippen molar-refractivity contribution in [2.24, 2.45) is 5.92 Å². The standard InChI is InChI=1S/C23H33N3O5/c1-17(2)25(22(28)31-23(3,4)5)16-18-9-8-14-24(15-18)21(27)13-12-19-10-6-7-11-20(19)26(29)30/h6-7,10-13,17-18H,8-9,14-16H2,1-5H3. The molecule has 8 heteroatoms. The van der Waals surface area contributed by atoms with Gasteiger partial charge in [0.15, 0.2) is 0 Å². The lowest BCUT2D eigenvalue weighted by atomic mass is 9.97. The number of benzene rings is 1. The molecule has 1 aromatic carbocycles. The Morgan fingerprint density at radius 2 is 2.00 bits per heavy atom. The third kappa shape index (κ3) is 7.38. The maximum Gasteiger partial charge on any atom is 0.410 e. The summed E-state index contributed by atoms with van der Waals surface area (Å²) in [6.07, 6.45) is 4.30. The highest BCUT2D eigenvalue weighted by Crippen LogP contribution is 2.22. The van der Waals surface area contributed by atoms with E-state index in [0.717, 1.165) is 12.8 Å². The molecular weight excluding hydrogens is 398 g/mol. The van der Waals surface area contributed by atoms with E-state index in [1.807, 2.05) is 34.6 Å². The molecule has 1 unspecified atom stereocenters. The minimum atomic E-state index is -0.566. The number of hydrogen-bond acceptors (Lipinski definition) is 5. The van der Waals surface area contributed by atoms with E-state index in [-0.39, 0.29) is 29.6 Å². The van der Waals surface area contributed by atoms with Crippen LogP contribution in [0.2, 0.25) is 0 Å². The minimum Gasteiger partial charge on any atom is -0.444 e. The number of para-hydroxylation sites is 1. The van der Waals surface area contributed by atoms with Crippen molar-refractivity contribution in [1.82, 2.24) is 9.80 Å². The number of carbonyl (C=O) groups excluding carboxylic acids is 2. The van der Waals surface area contributed by atoms with Gasteiger partial charge in [0.25, 0.3) is 5.69 Å². The molecule has 2 rings (SSSR count). The quantitative estimate of drug-likeness (QED) is 0.376. The van der Waals surface area contributed by atoms with E-state index in [4.69, 9.17) is 4.74 Å². The van der Waals surface area contributed by atoms with Crippen molar-refractivity contribution in [2.75, 3.05) is 19.6 Å². The van der Waals surface area contributed by atoms with Gasteiger partial charge in [-0.3, -0.25) is 14.9 Å². The maximum absolute atomic E-state index is 12.7. The molecule has 1 aliphatic rings. The van der Waals surface area contributed by atoms with Gasteiger partial charge in [0.05, 0.1) is 10.5 Å². The molecule has 170 valence electrons. The molecule has 31 heavy (non-hydrogen) atoms. The van der Waals surface area contributed by atoms with Gasteiger partial charge in [0, 0.05) is 37.8 Å². The number of rotatable bonds is 6. The largest absolute Gasteiger partial charge is 0.444 e. The summed E-state index contributed by atoms with van der Waals surface area (Å²) in [5, 5.41) is 11.1. The van der Waals surface area contributed by atoms with Gasteiger partial charge in [-0.1, -0.05) is 12.1 Å². The summed E-state index contributed by atoms with van der Waals surface area (Å²) in [5.41, 5.74) is -0.206. The summed E-state index contributed by atoms with van der Waals surface area (Å²) in [4.78, 5) is 39.4.